The van der Waals surface area contributed by atoms with Crippen LogP contribution < -0.4 is 10.6 Å². The van der Waals surface area contributed by atoms with E-state index in [0.717, 1.165) is 0 Å². The molecule has 1 aliphatic rings. The molecule has 1 aliphatic heterocycles. The van der Waals surface area contributed by atoms with Crippen LogP contribution in [0.25, 0.3) is 5.57 Å². The number of nitrogens with zero attached hydrogens (tertiary/aromatic N) is 1. The number of rotatable bonds is 1. The monoisotopic (exact) mass is 188 g/mol. The Morgan fingerprint density at radius 1 is 1.36 bits per heavy atom. The lowest BCUT2D eigenvalue weighted by Crippen LogP contribution is -2.13. The Morgan fingerprint density at radius 2 is 2.14 bits per heavy atom. The summed E-state index contributed by atoms with van der Waals surface area (Å²) in [6, 6.07) is 7.11. The summed E-state index contributed by atoms with van der Waals surface area (Å²) in [5.41, 5.74) is 6.30. The van der Waals surface area contributed by atoms with Crippen LogP contribution in [0.5, 0.6) is 5.75 Å². The number of primary amides is 1. The zero-order valence-electron chi connectivity index (χ0n) is 7.31. The van der Waals surface area contributed by atoms with Crippen molar-refractivity contribution in [2.75, 3.05) is 0 Å². The standard InChI is InChI=1S/C10H8N2O2/c11-10(13)8-5-6-12-14-9-4-2-1-3-7(8)9/h1-6H,(H2,11,13). The van der Waals surface area contributed by atoms with Gasteiger partial charge in [0.15, 0.2) is 5.75 Å². The van der Waals surface area contributed by atoms with E-state index >= 15 is 0 Å². The Kier molecular flexibility index (Phi) is 2.02. The molecule has 4 heteroatoms. The number of hydrogen-bond acceptors (Lipinski definition) is 3. The molecule has 0 saturated carbocycles. The third kappa shape index (κ3) is 1.37. The van der Waals surface area contributed by atoms with Gasteiger partial charge in [0.2, 0.25) is 5.91 Å². The molecule has 0 fully saturated rings. The van der Waals surface area contributed by atoms with Crippen LogP contribution in [0.1, 0.15) is 5.56 Å². The van der Waals surface area contributed by atoms with Crippen molar-refractivity contribution in [1.29, 1.82) is 0 Å². The first-order chi connectivity index (χ1) is 6.79. The minimum atomic E-state index is -0.491. The second-order valence-electron chi connectivity index (χ2n) is 2.79. The van der Waals surface area contributed by atoms with E-state index in [9.17, 15) is 4.79 Å². The molecular formula is C10H8N2O2. The molecule has 2 N–H and O–H groups in total. The molecule has 0 atom stereocenters. The number of oxime groups is 1. The van der Waals surface area contributed by atoms with E-state index < -0.39 is 5.91 Å². The number of allylic oxidation sites excluding steroid dienone is 1. The summed E-state index contributed by atoms with van der Waals surface area (Å²) in [6.07, 6.45) is 2.94. The highest BCUT2D eigenvalue weighted by Crippen LogP contribution is 2.26. The van der Waals surface area contributed by atoms with E-state index in [0.29, 0.717) is 16.9 Å². The highest BCUT2D eigenvalue weighted by atomic mass is 16.6. The van der Waals surface area contributed by atoms with Crippen molar-refractivity contribution in [3.05, 3.63) is 35.9 Å². The van der Waals surface area contributed by atoms with E-state index in [1.165, 1.54) is 12.3 Å². The fraction of sp³-hybridized carbons (Fsp3) is 0. The van der Waals surface area contributed by atoms with E-state index in [1.807, 2.05) is 6.07 Å². The quantitative estimate of drug-likeness (QED) is 0.712. The first-order valence-corrected chi connectivity index (χ1v) is 4.09. The summed E-state index contributed by atoms with van der Waals surface area (Å²) in [4.78, 5) is 16.1. The molecule has 0 aromatic heterocycles. The fourth-order valence-corrected chi connectivity index (χ4v) is 1.27. The van der Waals surface area contributed by atoms with Crippen molar-refractivity contribution in [2.45, 2.75) is 0 Å². The zero-order chi connectivity index (χ0) is 9.97. The van der Waals surface area contributed by atoms with Gasteiger partial charge in [-0.3, -0.25) is 4.79 Å². The highest BCUT2D eigenvalue weighted by molar-refractivity contribution is 6.22. The summed E-state index contributed by atoms with van der Waals surface area (Å²) < 4.78 is 0. The van der Waals surface area contributed by atoms with Crippen LogP contribution in [0.3, 0.4) is 0 Å². The highest BCUT2D eigenvalue weighted by Gasteiger charge is 2.14. The fourth-order valence-electron chi connectivity index (χ4n) is 1.27. The van der Waals surface area contributed by atoms with Gasteiger partial charge in [0.05, 0.1) is 11.8 Å². The predicted octanol–water partition coefficient (Wildman–Crippen LogP) is 0.933. The topological polar surface area (TPSA) is 64.7 Å². The Balaban J connectivity index is 2.59. The summed E-state index contributed by atoms with van der Waals surface area (Å²) in [7, 11) is 0. The normalized spacial score (nSPS) is 13.6. The summed E-state index contributed by atoms with van der Waals surface area (Å²) in [6.45, 7) is 0. The van der Waals surface area contributed by atoms with Gasteiger partial charge in [0, 0.05) is 5.56 Å². The molecule has 0 aliphatic carbocycles. The van der Waals surface area contributed by atoms with Gasteiger partial charge < -0.3 is 10.6 Å². The number of carbonyl (C=O) groups is 1. The Bertz CT molecular complexity index is 436. The molecule has 70 valence electrons. The van der Waals surface area contributed by atoms with Gasteiger partial charge in [-0.05, 0) is 12.1 Å². The van der Waals surface area contributed by atoms with Crippen molar-refractivity contribution < 1.29 is 9.63 Å². The average molecular weight is 188 g/mol. The van der Waals surface area contributed by atoms with Gasteiger partial charge in [-0.25, -0.2) is 0 Å². The van der Waals surface area contributed by atoms with Gasteiger partial charge in [-0.1, -0.05) is 23.4 Å². The van der Waals surface area contributed by atoms with Crippen molar-refractivity contribution in [3.63, 3.8) is 0 Å². The number of fused-ring (bicyclic) bond motifs is 1. The molecule has 1 amide bonds. The molecule has 0 unspecified atom stereocenters. The number of carbonyl (C=O) groups excluding carboxylic acids is 1. The summed E-state index contributed by atoms with van der Waals surface area (Å²) >= 11 is 0. The molecule has 1 aromatic carbocycles. The lowest BCUT2D eigenvalue weighted by atomic mass is 10.0. The van der Waals surface area contributed by atoms with Crippen LogP contribution in [0.2, 0.25) is 0 Å². The first-order valence-electron chi connectivity index (χ1n) is 4.09. The van der Waals surface area contributed by atoms with E-state index in [4.69, 9.17) is 10.6 Å². The van der Waals surface area contributed by atoms with Crippen LogP contribution in [-0.4, -0.2) is 12.1 Å². The zero-order valence-corrected chi connectivity index (χ0v) is 7.31. The summed E-state index contributed by atoms with van der Waals surface area (Å²) in [5.74, 6) is 0.0423. The Morgan fingerprint density at radius 3 is 2.93 bits per heavy atom. The molecule has 4 nitrogen and oxygen atoms in total. The molecule has 0 spiro atoms. The molecule has 0 bridgehead atoms. The number of para-hydroxylation sites is 1. The van der Waals surface area contributed by atoms with Crippen molar-refractivity contribution >= 4 is 17.7 Å². The third-order valence-electron chi connectivity index (χ3n) is 1.90. The molecular weight excluding hydrogens is 180 g/mol. The number of nitrogens with two attached hydrogens (primary N) is 1. The molecule has 1 heterocycles. The number of hydrogen-bond donors (Lipinski definition) is 1. The minimum Gasteiger partial charge on any atom is -0.366 e. The number of benzene rings is 1. The Hall–Kier alpha value is -2.10. The van der Waals surface area contributed by atoms with E-state index in [-0.39, 0.29) is 0 Å². The van der Waals surface area contributed by atoms with Crippen LogP contribution in [-0.2, 0) is 4.79 Å². The van der Waals surface area contributed by atoms with Crippen LogP contribution in [0, 0.1) is 0 Å². The van der Waals surface area contributed by atoms with Gasteiger partial charge in [0.25, 0.3) is 0 Å². The first kappa shape index (κ1) is 8.50. The molecule has 0 saturated heterocycles. The maximum absolute atomic E-state index is 11.1. The predicted molar refractivity (Wildman–Crippen MR) is 52.7 cm³/mol. The van der Waals surface area contributed by atoms with Gasteiger partial charge in [0.1, 0.15) is 0 Å². The van der Waals surface area contributed by atoms with Crippen LogP contribution in [0.4, 0.5) is 0 Å². The lowest BCUT2D eigenvalue weighted by Gasteiger charge is -2.04. The van der Waals surface area contributed by atoms with E-state index in [2.05, 4.69) is 5.16 Å². The van der Waals surface area contributed by atoms with Gasteiger partial charge in [-0.2, -0.15) is 0 Å². The maximum Gasteiger partial charge on any atom is 0.249 e. The average Bonchev–Trinajstić information content (AvgIpc) is 2.39. The Labute approximate surface area is 80.7 Å². The van der Waals surface area contributed by atoms with Gasteiger partial charge >= 0.3 is 0 Å². The molecule has 1 aromatic rings. The second kappa shape index (κ2) is 3.33. The van der Waals surface area contributed by atoms with Crippen molar-refractivity contribution in [1.82, 2.24) is 0 Å². The van der Waals surface area contributed by atoms with Crippen molar-refractivity contribution in [2.24, 2.45) is 10.9 Å². The third-order valence-corrected chi connectivity index (χ3v) is 1.90. The SMILES string of the molecule is NC(=O)C1=CC=NOc2ccccc21. The molecule has 2 rings (SSSR count). The van der Waals surface area contributed by atoms with Gasteiger partial charge in [-0.15, -0.1) is 0 Å². The lowest BCUT2D eigenvalue weighted by molar-refractivity contribution is -0.112. The minimum absolute atomic E-state index is 0.404. The molecule has 14 heavy (non-hydrogen) atoms. The van der Waals surface area contributed by atoms with Crippen LogP contribution in [0.15, 0.2) is 35.5 Å². The maximum atomic E-state index is 11.1. The second-order valence-corrected chi connectivity index (χ2v) is 2.79. The number of amides is 1. The molecule has 0 radical (unpaired) electrons. The summed E-state index contributed by atoms with van der Waals surface area (Å²) in [5, 5.41) is 3.64. The largest absolute Gasteiger partial charge is 0.366 e. The van der Waals surface area contributed by atoms with Crippen LogP contribution >= 0.6 is 0 Å². The smallest absolute Gasteiger partial charge is 0.249 e. The van der Waals surface area contributed by atoms with Crippen molar-refractivity contribution in [3.8, 4) is 5.75 Å². The van der Waals surface area contributed by atoms with E-state index in [1.54, 1.807) is 18.2 Å².